The van der Waals surface area contributed by atoms with Crippen molar-refractivity contribution in [3.05, 3.63) is 47.7 Å². The molecule has 2 aromatic heterocycles. The molecule has 1 atom stereocenters. The lowest BCUT2D eigenvalue weighted by Crippen LogP contribution is -2.44. The number of piperazine rings is 1. The SMILES string of the molecule is CC(Nc1nc(N2CCNCC2)nc2cnc(Cl)cc12)S(=O)(=O)N(C)c1ccccc1. The van der Waals surface area contributed by atoms with E-state index in [0.717, 1.165) is 26.2 Å². The zero-order chi connectivity index (χ0) is 22.0. The summed E-state index contributed by atoms with van der Waals surface area (Å²) in [5.41, 5.74) is 1.17. The lowest BCUT2D eigenvalue weighted by Gasteiger charge is -2.28. The molecule has 1 saturated heterocycles. The van der Waals surface area contributed by atoms with E-state index in [9.17, 15) is 8.42 Å². The molecule has 0 bridgehead atoms. The predicted molar refractivity (Wildman–Crippen MR) is 124 cm³/mol. The molecular formula is C20H24ClN7O2S. The number of para-hydroxylation sites is 1. The number of benzene rings is 1. The summed E-state index contributed by atoms with van der Waals surface area (Å²) in [6.07, 6.45) is 1.57. The molecule has 2 N–H and O–H groups in total. The molecule has 1 aromatic carbocycles. The van der Waals surface area contributed by atoms with E-state index < -0.39 is 15.4 Å². The van der Waals surface area contributed by atoms with E-state index >= 15 is 0 Å². The van der Waals surface area contributed by atoms with Crippen molar-refractivity contribution in [3.8, 4) is 0 Å². The van der Waals surface area contributed by atoms with Crippen LogP contribution in [-0.2, 0) is 10.0 Å². The second kappa shape index (κ2) is 8.81. The van der Waals surface area contributed by atoms with E-state index in [0.29, 0.717) is 28.4 Å². The highest BCUT2D eigenvalue weighted by atomic mass is 35.5. The van der Waals surface area contributed by atoms with Gasteiger partial charge in [0.1, 0.15) is 16.3 Å². The third kappa shape index (κ3) is 4.51. The molecule has 4 rings (SSSR count). The van der Waals surface area contributed by atoms with Crippen molar-refractivity contribution in [2.75, 3.05) is 47.7 Å². The van der Waals surface area contributed by atoms with Crippen molar-refractivity contribution in [2.24, 2.45) is 0 Å². The summed E-state index contributed by atoms with van der Waals surface area (Å²) < 4.78 is 27.6. The number of hydrogen-bond donors (Lipinski definition) is 2. The van der Waals surface area contributed by atoms with Crippen LogP contribution in [0.2, 0.25) is 5.15 Å². The van der Waals surface area contributed by atoms with E-state index in [2.05, 4.69) is 30.5 Å². The quantitative estimate of drug-likeness (QED) is 0.539. The Hall–Kier alpha value is -2.69. The van der Waals surface area contributed by atoms with Crippen LogP contribution < -0.4 is 19.8 Å². The maximum absolute atomic E-state index is 13.2. The fraction of sp³-hybridized carbons (Fsp3) is 0.350. The Labute approximate surface area is 186 Å². The Bertz CT molecular complexity index is 1170. The first-order valence-corrected chi connectivity index (χ1v) is 11.8. The normalized spacial score (nSPS) is 15.6. The number of pyridine rings is 1. The van der Waals surface area contributed by atoms with Gasteiger partial charge in [-0.1, -0.05) is 29.8 Å². The van der Waals surface area contributed by atoms with E-state index in [1.165, 1.54) is 11.4 Å². The molecular weight excluding hydrogens is 438 g/mol. The van der Waals surface area contributed by atoms with Gasteiger partial charge in [0.25, 0.3) is 10.0 Å². The number of hydrogen-bond acceptors (Lipinski definition) is 8. The van der Waals surface area contributed by atoms with Crippen LogP contribution in [0.25, 0.3) is 10.9 Å². The maximum Gasteiger partial charge on any atom is 0.255 e. The van der Waals surface area contributed by atoms with Crippen LogP contribution in [0.1, 0.15) is 6.92 Å². The second-order valence-electron chi connectivity index (χ2n) is 7.27. The number of rotatable bonds is 6. The number of aromatic nitrogens is 3. The molecule has 3 heterocycles. The van der Waals surface area contributed by atoms with Crippen LogP contribution in [0.4, 0.5) is 17.5 Å². The van der Waals surface area contributed by atoms with Crippen LogP contribution in [0.5, 0.6) is 0 Å². The van der Waals surface area contributed by atoms with E-state index in [1.54, 1.807) is 43.5 Å². The van der Waals surface area contributed by atoms with Gasteiger partial charge in [0.15, 0.2) is 0 Å². The molecule has 11 heteroatoms. The lowest BCUT2D eigenvalue weighted by atomic mass is 10.3. The molecule has 1 aliphatic rings. The number of nitrogens with one attached hydrogen (secondary N) is 2. The van der Waals surface area contributed by atoms with Gasteiger partial charge in [0.05, 0.1) is 17.4 Å². The molecule has 0 aliphatic carbocycles. The molecule has 1 unspecified atom stereocenters. The Kier molecular flexibility index (Phi) is 6.12. The first-order chi connectivity index (χ1) is 14.9. The highest BCUT2D eigenvalue weighted by molar-refractivity contribution is 7.93. The highest BCUT2D eigenvalue weighted by Crippen LogP contribution is 2.27. The second-order valence-corrected chi connectivity index (χ2v) is 9.94. The molecule has 1 aliphatic heterocycles. The summed E-state index contributed by atoms with van der Waals surface area (Å²) in [4.78, 5) is 15.5. The summed E-state index contributed by atoms with van der Waals surface area (Å²) >= 11 is 6.10. The van der Waals surface area contributed by atoms with Gasteiger partial charge in [0, 0.05) is 38.6 Å². The molecule has 3 aromatic rings. The maximum atomic E-state index is 13.2. The smallest absolute Gasteiger partial charge is 0.255 e. The summed E-state index contributed by atoms with van der Waals surface area (Å²) in [5, 5.41) is 6.32. The van der Waals surface area contributed by atoms with Crippen LogP contribution in [0, 0.1) is 0 Å². The number of sulfonamides is 1. The minimum atomic E-state index is -3.72. The van der Waals surface area contributed by atoms with Gasteiger partial charge in [-0.25, -0.2) is 18.4 Å². The Morgan fingerprint density at radius 2 is 1.90 bits per heavy atom. The average molecular weight is 462 g/mol. The van der Waals surface area contributed by atoms with E-state index in [4.69, 9.17) is 11.6 Å². The van der Waals surface area contributed by atoms with Gasteiger partial charge >= 0.3 is 0 Å². The molecule has 164 valence electrons. The summed E-state index contributed by atoms with van der Waals surface area (Å²) in [6.45, 7) is 4.77. The minimum absolute atomic E-state index is 0.283. The van der Waals surface area contributed by atoms with Crippen molar-refractivity contribution in [1.29, 1.82) is 0 Å². The fourth-order valence-corrected chi connectivity index (χ4v) is 4.71. The van der Waals surface area contributed by atoms with Crippen molar-refractivity contribution in [1.82, 2.24) is 20.3 Å². The van der Waals surface area contributed by atoms with Gasteiger partial charge in [-0.3, -0.25) is 4.31 Å². The lowest BCUT2D eigenvalue weighted by molar-refractivity contribution is 0.580. The monoisotopic (exact) mass is 461 g/mol. The van der Waals surface area contributed by atoms with Gasteiger partial charge in [0.2, 0.25) is 5.95 Å². The summed E-state index contributed by atoms with van der Waals surface area (Å²) in [6, 6.07) is 10.6. The molecule has 0 saturated carbocycles. The average Bonchev–Trinajstić information content (AvgIpc) is 2.79. The van der Waals surface area contributed by atoms with Gasteiger partial charge in [-0.05, 0) is 25.1 Å². The molecule has 0 spiro atoms. The van der Waals surface area contributed by atoms with Crippen molar-refractivity contribution in [3.63, 3.8) is 0 Å². The molecule has 9 nitrogen and oxygen atoms in total. The zero-order valence-corrected chi connectivity index (χ0v) is 18.9. The van der Waals surface area contributed by atoms with Crippen LogP contribution in [0.3, 0.4) is 0 Å². The third-order valence-electron chi connectivity index (χ3n) is 5.23. The van der Waals surface area contributed by atoms with Gasteiger partial charge in [-0.15, -0.1) is 0 Å². The van der Waals surface area contributed by atoms with E-state index in [-0.39, 0.29) is 5.15 Å². The van der Waals surface area contributed by atoms with E-state index in [1.807, 2.05) is 6.07 Å². The zero-order valence-electron chi connectivity index (χ0n) is 17.3. The molecule has 0 amide bonds. The van der Waals surface area contributed by atoms with Gasteiger partial charge < -0.3 is 15.5 Å². The standard InChI is InChI=1S/C20H24ClN7O2S/c1-14(31(29,30)27(2)15-6-4-3-5-7-15)24-19-16-12-18(21)23-13-17(16)25-20(26-19)28-10-8-22-9-11-28/h3-7,12-14,22H,8-11H2,1-2H3,(H,24,25,26). The number of fused-ring (bicyclic) bond motifs is 1. The first kappa shape index (κ1) is 21.5. The van der Waals surface area contributed by atoms with Crippen LogP contribution >= 0.6 is 11.6 Å². The van der Waals surface area contributed by atoms with Crippen molar-refractivity contribution in [2.45, 2.75) is 12.3 Å². The third-order valence-corrected chi connectivity index (χ3v) is 7.42. The predicted octanol–water partition coefficient (Wildman–Crippen LogP) is 2.31. The number of anilines is 3. The Balaban J connectivity index is 1.69. The van der Waals surface area contributed by atoms with Crippen molar-refractivity contribution >= 4 is 50.0 Å². The van der Waals surface area contributed by atoms with Crippen LogP contribution in [-0.4, -0.2) is 62.0 Å². The molecule has 0 radical (unpaired) electrons. The number of halogens is 1. The highest BCUT2D eigenvalue weighted by Gasteiger charge is 2.28. The molecule has 1 fully saturated rings. The van der Waals surface area contributed by atoms with Crippen molar-refractivity contribution < 1.29 is 8.42 Å². The Morgan fingerprint density at radius 1 is 1.19 bits per heavy atom. The van der Waals surface area contributed by atoms with Gasteiger partial charge in [-0.2, -0.15) is 4.98 Å². The minimum Gasteiger partial charge on any atom is -0.352 e. The Morgan fingerprint density at radius 3 is 2.61 bits per heavy atom. The fourth-order valence-electron chi connectivity index (χ4n) is 3.40. The summed E-state index contributed by atoms with van der Waals surface area (Å²) in [5.74, 6) is 0.932. The largest absolute Gasteiger partial charge is 0.352 e. The number of nitrogens with zero attached hydrogens (tertiary/aromatic N) is 5. The first-order valence-electron chi connectivity index (χ1n) is 9.94. The molecule has 31 heavy (non-hydrogen) atoms. The van der Waals surface area contributed by atoms with Crippen LogP contribution in [0.15, 0.2) is 42.6 Å². The topological polar surface area (TPSA) is 103 Å². The summed E-state index contributed by atoms with van der Waals surface area (Å²) in [7, 11) is -2.18.